The first kappa shape index (κ1) is 32.3. The van der Waals surface area contributed by atoms with Gasteiger partial charge in [-0.2, -0.15) is 0 Å². The summed E-state index contributed by atoms with van der Waals surface area (Å²) in [6.07, 6.45) is 21.0. The number of hydrogen-bond acceptors (Lipinski definition) is 7. The summed E-state index contributed by atoms with van der Waals surface area (Å²) in [4.78, 5) is 11.4. The Hall–Kier alpha value is -1.25. The number of rotatable bonds is 16. The number of aliphatic hydroxyl groups is 1. The number of esters is 1. The zero-order chi connectivity index (χ0) is 27.9. The average molecular weight is 551 g/mol. The molecule has 0 aromatic carbocycles. The average Bonchev–Trinajstić information content (AvgIpc) is 3.25. The van der Waals surface area contributed by atoms with Gasteiger partial charge in [-0.15, -0.1) is 0 Å². The Morgan fingerprint density at radius 3 is 2.46 bits per heavy atom. The molecule has 2 heterocycles. The van der Waals surface area contributed by atoms with Gasteiger partial charge in [0, 0.05) is 32.0 Å². The van der Waals surface area contributed by atoms with E-state index in [0.29, 0.717) is 18.8 Å². The number of ether oxygens (including phenoxy) is 5. The molecule has 0 bridgehead atoms. The fourth-order valence-corrected chi connectivity index (χ4v) is 5.97. The summed E-state index contributed by atoms with van der Waals surface area (Å²) in [5, 5.41) is 11.1. The number of aliphatic hydroxyl groups excluding tert-OH is 1. The van der Waals surface area contributed by atoms with E-state index in [-0.39, 0.29) is 42.6 Å². The van der Waals surface area contributed by atoms with Gasteiger partial charge in [-0.1, -0.05) is 51.0 Å². The van der Waals surface area contributed by atoms with Gasteiger partial charge < -0.3 is 28.8 Å². The maximum Gasteiger partial charge on any atom is 0.305 e. The van der Waals surface area contributed by atoms with E-state index in [0.717, 1.165) is 77.4 Å². The third-order valence-electron chi connectivity index (χ3n) is 8.45. The Balaban J connectivity index is 1.69. The number of unbranched alkanes of at least 4 members (excludes halogenated alkanes) is 2. The third-order valence-corrected chi connectivity index (χ3v) is 8.45. The van der Waals surface area contributed by atoms with Crippen LogP contribution >= 0.6 is 0 Å². The van der Waals surface area contributed by atoms with Crippen molar-refractivity contribution in [1.82, 2.24) is 0 Å². The van der Waals surface area contributed by atoms with Gasteiger partial charge >= 0.3 is 5.97 Å². The molecule has 2 aliphatic heterocycles. The molecular weight excluding hydrogens is 496 g/mol. The molecule has 224 valence electrons. The van der Waals surface area contributed by atoms with E-state index >= 15 is 0 Å². The second-order valence-corrected chi connectivity index (χ2v) is 11.6. The highest BCUT2D eigenvalue weighted by Gasteiger charge is 2.42. The van der Waals surface area contributed by atoms with Gasteiger partial charge in [-0.05, 0) is 76.0 Å². The van der Waals surface area contributed by atoms with E-state index in [1.54, 1.807) is 0 Å². The Kier molecular flexibility index (Phi) is 15.1. The molecule has 0 radical (unpaired) electrons. The minimum Gasteiger partial charge on any atom is -0.469 e. The number of methoxy groups -OCH3 is 1. The predicted octanol–water partition coefficient (Wildman–Crippen LogP) is 6.48. The number of carbonyl (C=O) groups excluding carboxylic acids is 1. The first-order chi connectivity index (χ1) is 19.0. The molecule has 0 amide bonds. The van der Waals surface area contributed by atoms with Crippen molar-refractivity contribution in [2.45, 2.75) is 135 Å². The molecule has 2 saturated heterocycles. The van der Waals surface area contributed by atoms with Gasteiger partial charge in [0.15, 0.2) is 12.6 Å². The molecule has 3 aliphatic rings. The Labute approximate surface area is 236 Å². The highest BCUT2D eigenvalue weighted by molar-refractivity contribution is 5.69. The topological polar surface area (TPSA) is 83.5 Å². The van der Waals surface area contributed by atoms with Crippen LogP contribution in [-0.4, -0.2) is 62.3 Å². The fourth-order valence-electron chi connectivity index (χ4n) is 5.97. The van der Waals surface area contributed by atoms with Gasteiger partial charge in [0.2, 0.25) is 0 Å². The van der Waals surface area contributed by atoms with Crippen molar-refractivity contribution in [1.29, 1.82) is 0 Å². The second kappa shape index (κ2) is 18.2. The van der Waals surface area contributed by atoms with E-state index in [2.05, 4.69) is 38.2 Å². The lowest BCUT2D eigenvalue weighted by molar-refractivity contribution is -0.193. The first-order valence-corrected chi connectivity index (χ1v) is 15.6. The van der Waals surface area contributed by atoms with E-state index in [4.69, 9.17) is 23.7 Å². The van der Waals surface area contributed by atoms with Crippen LogP contribution in [0, 0.1) is 17.8 Å². The quantitative estimate of drug-likeness (QED) is 0.134. The smallest absolute Gasteiger partial charge is 0.305 e. The van der Waals surface area contributed by atoms with Crippen LogP contribution in [0.2, 0.25) is 0 Å². The normalized spacial score (nSPS) is 31.6. The summed E-state index contributed by atoms with van der Waals surface area (Å²) in [6, 6.07) is 0. The van der Waals surface area contributed by atoms with Crippen molar-refractivity contribution in [3.05, 3.63) is 24.3 Å². The lowest BCUT2D eigenvalue weighted by atomic mass is 9.88. The van der Waals surface area contributed by atoms with Crippen molar-refractivity contribution in [3.8, 4) is 0 Å². The largest absolute Gasteiger partial charge is 0.469 e. The molecule has 0 aromatic rings. The van der Waals surface area contributed by atoms with E-state index in [1.807, 2.05) is 0 Å². The van der Waals surface area contributed by atoms with Gasteiger partial charge in [0.05, 0.1) is 25.4 Å². The van der Waals surface area contributed by atoms with Crippen LogP contribution in [0.1, 0.15) is 104 Å². The van der Waals surface area contributed by atoms with Crippen LogP contribution in [0.25, 0.3) is 0 Å². The summed E-state index contributed by atoms with van der Waals surface area (Å²) in [6.45, 7) is 6.01. The minimum absolute atomic E-state index is 0.0292. The molecule has 0 spiro atoms. The number of carbonyl (C=O) groups is 1. The van der Waals surface area contributed by atoms with Gasteiger partial charge in [-0.25, -0.2) is 0 Å². The summed E-state index contributed by atoms with van der Waals surface area (Å²) < 4.78 is 29.6. The second-order valence-electron chi connectivity index (χ2n) is 11.6. The minimum atomic E-state index is -0.438. The van der Waals surface area contributed by atoms with Crippen molar-refractivity contribution >= 4 is 5.97 Å². The van der Waals surface area contributed by atoms with Gasteiger partial charge in [-0.3, -0.25) is 4.79 Å². The molecule has 1 saturated carbocycles. The zero-order valence-electron chi connectivity index (χ0n) is 24.6. The summed E-state index contributed by atoms with van der Waals surface area (Å²) in [5.74, 6) is 0.340. The van der Waals surface area contributed by atoms with Crippen molar-refractivity contribution < 1.29 is 33.6 Å². The summed E-state index contributed by atoms with van der Waals surface area (Å²) >= 11 is 0. The maximum absolute atomic E-state index is 11.4. The lowest BCUT2D eigenvalue weighted by Crippen LogP contribution is -2.32. The van der Waals surface area contributed by atoms with Crippen LogP contribution in [0.4, 0.5) is 0 Å². The molecule has 3 rings (SSSR count). The standard InChI is InChI=1S/C32H54O7/c1-4-5-14-24(2)28(38-31-17-10-12-21-36-31)20-19-26-25(15-8-6-7-9-16-30(34)35-3)27(33)23-29(26)39-32-18-11-13-22-37-32/h6,8,19-20,24-29,31-33H,4-5,7,9-18,21-23H2,1-3H3/t24-,25+,26+,27-,28+,29+,31?,32?/m0/s1. The molecule has 7 nitrogen and oxygen atoms in total. The van der Waals surface area contributed by atoms with Gasteiger partial charge in [0.1, 0.15) is 0 Å². The van der Waals surface area contributed by atoms with E-state index in [1.165, 1.54) is 20.0 Å². The van der Waals surface area contributed by atoms with Crippen molar-refractivity contribution in [2.75, 3.05) is 20.3 Å². The third kappa shape index (κ3) is 11.3. The molecule has 1 aliphatic carbocycles. The molecule has 7 heteroatoms. The highest BCUT2D eigenvalue weighted by Crippen LogP contribution is 2.40. The van der Waals surface area contributed by atoms with Crippen LogP contribution in [0.3, 0.4) is 0 Å². The van der Waals surface area contributed by atoms with Crippen LogP contribution in [0.5, 0.6) is 0 Å². The predicted molar refractivity (Wildman–Crippen MR) is 152 cm³/mol. The van der Waals surface area contributed by atoms with E-state index < -0.39 is 6.10 Å². The molecule has 1 N–H and O–H groups in total. The Morgan fingerprint density at radius 2 is 1.79 bits per heavy atom. The zero-order valence-corrected chi connectivity index (χ0v) is 24.6. The van der Waals surface area contributed by atoms with Crippen LogP contribution in [-0.2, 0) is 28.5 Å². The SMILES string of the molecule is CCCC[C@H](C)[C@@H](C=C[C@@H]1[C@@H](CC=CCCCC(=O)OC)[C@@H](O)C[C@H]1OC1CCCCO1)OC1CCCCO1. The van der Waals surface area contributed by atoms with Gasteiger partial charge in [0.25, 0.3) is 0 Å². The van der Waals surface area contributed by atoms with Crippen molar-refractivity contribution in [3.63, 3.8) is 0 Å². The van der Waals surface area contributed by atoms with Crippen molar-refractivity contribution in [2.24, 2.45) is 17.8 Å². The molecule has 39 heavy (non-hydrogen) atoms. The first-order valence-electron chi connectivity index (χ1n) is 15.6. The number of allylic oxidation sites excluding steroid dienone is 2. The summed E-state index contributed by atoms with van der Waals surface area (Å²) in [5.41, 5.74) is 0. The Bertz CT molecular complexity index is 726. The number of hydrogen-bond donors (Lipinski definition) is 1. The molecular formula is C32H54O7. The highest BCUT2D eigenvalue weighted by atomic mass is 16.7. The Morgan fingerprint density at radius 1 is 1.05 bits per heavy atom. The van der Waals surface area contributed by atoms with E-state index in [9.17, 15) is 9.90 Å². The van der Waals surface area contributed by atoms with Crippen LogP contribution < -0.4 is 0 Å². The van der Waals surface area contributed by atoms with Crippen LogP contribution in [0.15, 0.2) is 24.3 Å². The molecule has 3 fully saturated rings. The summed E-state index contributed by atoms with van der Waals surface area (Å²) in [7, 11) is 1.42. The molecule has 2 unspecified atom stereocenters. The fraction of sp³-hybridized carbons (Fsp3) is 0.844. The molecule has 8 atom stereocenters. The molecule has 0 aromatic heterocycles. The maximum atomic E-state index is 11.4. The lowest BCUT2D eigenvalue weighted by Gasteiger charge is -2.31. The monoisotopic (exact) mass is 550 g/mol.